The second kappa shape index (κ2) is 11.7. The highest BCUT2D eigenvalue weighted by Crippen LogP contribution is 2.30. The van der Waals surface area contributed by atoms with Crippen LogP contribution in [-0.4, -0.2) is 50.3 Å². The molecule has 1 fully saturated rings. The number of ether oxygens (including phenoxy) is 1. The van der Waals surface area contributed by atoms with E-state index < -0.39 is 0 Å². The molecule has 1 aromatic carbocycles. The van der Waals surface area contributed by atoms with E-state index in [1.807, 2.05) is 36.5 Å². The predicted molar refractivity (Wildman–Crippen MR) is 126 cm³/mol. The molecule has 1 aromatic heterocycles. The van der Waals surface area contributed by atoms with Gasteiger partial charge in [0.05, 0.1) is 12.8 Å². The minimum Gasteiger partial charge on any atom is -0.495 e. The number of nitrogens with one attached hydrogen (secondary N) is 2. The molecule has 0 radical (unpaired) electrons. The molecule has 0 aliphatic carbocycles. The fourth-order valence-electron chi connectivity index (χ4n) is 3.33. The lowest BCUT2D eigenvalue weighted by atomic mass is 10.2. The van der Waals surface area contributed by atoms with E-state index in [0.29, 0.717) is 6.04 Å². The fourth-order valence-corrected chi connectivity index (χ4v) is 3.33. The van der Waals surface area contributed by atoms with Crippen molar-refractivity contribution in [3.63, 3.8) is 0 Å². The molecule has 0 bridgehead atoms. The number of para-hydroxylation sites is 2. The molecule has 1 saturated heterocycles. The van der Waals surface area contributed by atoms with Crippen molar-refractivity contribution in [1.29, 1.82) is 0 Å². The smallest absolute Gasteiger partial charge is 0.191 e. The number of benzene rings is 1. The van der Waals surface area contributed by atoms with Crippen molar-refractivity contribution in [3.05, 3.63) is 54.4 Å². The number of anilines is 1. The highest BCUT2D eigenvalue weighted by molar-refractivity contribution is 14.0. The van der Waals surface area contributed by atoms with Crippen LogP contribution in [0.15, 0.2) is 53.7 Å². The maximum atomic E-state index is 5.50. The Bertz CT molecular complexity index is 741. The maximum Gasteiger partial charge on any atom is 0.191 e. The number of methoxy groups -OCH3 is 1. The van der Waals surface area contributed by atoms with Crippen LogP contribution in [0.3, 0.4) is 0 Å². The van der Waals surface area contributed by atoms with Gasteiger partial charge in [-0.2, -0.15) is 0 Å². The number of aromatic nitrogens is 1. The molecule has 3 rings (SSSR count). The Morgan fingerprint density at radius 2 is 2.07 bits per heavy atom. The zero-order valence-electron chi connectivity index (χ0n) is 16.6. The van der Waals surface area contributed by atoms with Gasteiger partial charge in [-0.05, 0) is 37.6 Å². The summed E-state index contributed by atoms with van der Waals surface area (Å²) in [5, 5.41) is 6.92. The predicted octanol–water partition coefficient (Wildman–Crippen LogP) is 3.08. The number of rotatable bonds is 7. The second-order valence-electron chi connectivity index (χ2n) is 6.58. The topological polar surface area (TPSA) is 61.8 Å². The first-order valence-electron chi connectivity index (χ1n) is 9.63. The van der Waals surface area contributed by atoms with Gasteiger partial charge in [0.1, 0.15) is 5.75 Å². The summed E-state index contributed by atoms with van der Waals surface area (Å²) in [4.78, 5) is 11.4. The molecule has 2 heterocycles. The van der Waals surface area contributed by atoms with E-state index in [0.717, 1.165) is 62.1 Å². The summed E-state index contributed by atoms with van der Waals surface area (Å²) in [6, 6.07) is 14.5. The van der Waals surface area contributed by atoms with Crippen LogP contribution in [0.5, 0.6) is 5.75 Å². The minimum atomic E-state index is 0. The summed E-state index contributed by atoms with van der Waals surface area (Å²) in [7, 11) is 1.72. The largest absolute Gasteiger partial charge is 0.495 e. The average molecular weight is 495 g/mol. The summed E-state index contributed by atoms with van der Waals surface area (Å²) in [6.45, 7) is 5.59. The normalized spacial score (nSPS) is 16.4. The molecular weight excluding hydrogens is 465 g/mol. The van der Waals surface area contributed by atoms with Crippen molar-refractivity contribution in [3.8, 4) is 5.75 Å². The first-order valence-corrected chi connectivity index (χ1v) is 9.63. The number of guanidine groups is 1. The van der Waals surface area contributed by atoms with E-state index in [4.69, 9.17) is 9.73 Å². The summed E-state index contributed by atoms with van der Waals surface area (Å²) in [5.41, 5.74) is 2.22. The Balaban J connectivity index is 0.00000280. The number of hydrogen-bond acceptors (Lipinski definition) is 4. The quantitative estimate of drug-likeness (QED) is 0.351. The lowest BCUT2D eigenvalue weighted by molar-refractivity contribution is 0.415. The number of pyridine rings is 1. The molecule has 6 nitrogen and oxygen atoms in total. The highest BCUT2D eigenvalue weighted by Gasteiger charge is 2.25. The Kier molecular flexibility index (Phi) is 9.33. The van der Waals surface area contributed by atoms with Gasteiger partial charge in [-0.3, -0.25) is 9.98 Å². The first kappa shape index (κ1) is 22.3. The molecule has 2 aromatic rings. The monoisotopic (exact) mass is 495 g/mol. The summed E-state index contributed by atoms with van der Waals surface area (Å²) >= 11 is 0. The molecule has 0 saturated carbocycles. The van der Waals surface area contributed by atoms with Gasteiger partial charge in [0.15, 0.2) is 5.96 Å². The second-order valence-corrected chi connectivity index (χ2v) is 6.58. The molecule has 1 aliphatic heterocycles. The zero-order chi connectivity index (χ0) is 18.9. The van der Waals surface area contributed by atoms with Crippen LogP contribution in [0.2, 0.25) is 0 Å². The SMILES string of the molecule is CCNC(=NCCc1ccccn1)NC1CCN(c2ccccc2OC)C1.I. The van der Waals surface area contributed by atoms with Crippen molar-refractivity contribution in [1.82, 2.24) is 15.6 Å². The average Bonchev–Trinajstić information content (AvgIpc) is 3.17. The number of aliphatic imine (C=N–C) groups is 1. The number of hydrogen-bond donors (Lipinski definition) is 2. The van der Waals surface area contributed by atoms with Gasteiger partial charge in [-0.15, -0.1) is 24.0 Å². The molecule has 28 heavy (non-hydrogen) atoms. The highest BCUT2D eigenvalue weighted by atomic mass is 127. The van der Waals surface area contributed by atoms with Crippen LogP contribution >= 0.6 is 24.0 Å². The molecule has 152 valence electrons. The number of halogens is 1. The van der Waals surface area contributed by atoms with Gasteiger partial charge >= 0.3 is 0 Å². The zero-order valence-corrected chi connectivity index (χ0v) is 18.9. The van der Waals surface area contributed by atoms with Crippen LogP contribution in [0.1, 0.15) is 19.0 Å². The van der Waals surface area contributed by atoms with Crippen LogP contribution in [0.4, 0.5) is 5.69 Å². The lowest BCUT2D eigenvalue weighted by Gasteiger charge is -2.22. The van der Waals surface area contributed by atoms with E-state index in [1.54, 1.807) is 7.11 Å². The van der Waals surface area contributed by atoms with Crippen LogP contribution < -0.4 is 20.3 Å². The standard InChI is InChI=1S/C21H29N5O.HI/c1-3-22-21(24-14-11-17-8-6-7-13-23-17)25-18-12-15-26(16-18)19-9-4-5-10-20(19)27-2;/h4-10,13,18H,3,11-12,14-16H2,1-2H3,(H2,22,24,25);1H. The summed E-state index contributed by atoms with van der Waals surface area (Å²) < 4.78 is 5.50. The summed E-state index contributed by atoms with van der Waals surface area (Å²) in [5.74, 6) is 1.80. The van der Waals surface area contributed by atoms with Crippen molar-refractivity contribution in [2.45, 2.75) is 25.8 Å². The van der Waals surface area contributed by atoms with Gasteiger partial charge in [0, 0.05) is 50.5 Å². The van der Waals surface area contributed by atoms with Gasteiger partial charge in [0.25, 0.3) is 0 Å². The van der Waals surface area contributed by atoms with E-state index in [1.165, 1.54) is 0 Å². The third-order valence-electron chi connectivity index (χ3n) is 4.66. The maximum absolute atomic E-state index is 5.50. The van der Waals surface area contributed by atoms with E-state index in [-0.39, 0.29) is 24.0 Å². The van der Waals surface area contributed by atoms with Crippen molar-refractivity contribution in [2.24, 2.45) is 4.99 Å². The van der Waals surface area contributed by atoms with Crippen molar-refractivity contribution in [2.75, 3.05) is 38.2 Å². The Labute approximate surface area is 184 Å². The van der Waals surface area contributed by atoms with E-state index >= 15 is 0 Å². The summed E-state index contributed by atoms with van der Waals surface area (Å²) in [6.07, 6.45) is 3.74. The molecule has 0 amide bonds. The first-order chi connectivity index (χ1) is 13.3. The molecule has 1 aliphatic rings. The molecule has 1 atom stereocenters. The molecule has 2 N–H and O–H groups in total. The molecule has 1 unspecified atom stereocenters. The minimum absolute atomic E-state index is 0. The lowest BCUT2D eigenvalue weighted by Crippen LogP contribution is -2.44. The molecular formula is C21H30IN5O. The van der Waals surface area contributed by atoms with Crippen molar-refractivity contribution < 1.29 is 4.74 Å². The Morgan fingerprint density at radius 1 is 1.25 bits per heavy atom. The third kappa shape index (κ3) is 6.25. The van der Waals surface area contributed by atoms with Crippen LogP contribution in [0, 0.1) is 0 Å². The van der Waals surface area contributed by atoms with Gasteiger partial charge in [-0.1, -0.05) is 18.2 Å². The van der Waals surface area contributed by atoms with E-state index in [9.17, 15) is 0 Å². The third-order valence-corrected chi connectivity index (χ3v) is 4.66. The Morgan fingerprint density at radius 3 is 2.82 bits per heavy atom. The van der Waals surface area contributed by atoms with Crippen LogP contribution in [-0.2, 0) is 6.42 Å². The van der Waals surface area contributed by atoms with Gasteiger partial charge < -0.3 is 20.3 Å². The molecule has 7 heteroatoms. The van der Waals surface area contributed by atoms with Crippen LogP contribution in [0.25, 0.3) is 0 Å². The van der Waals surface area contributed by atoms with Gasteiger partial charge in [0.2, 0.25) is 0 Å². The van der Waals surface area contributed by atoms with Crippen molar-refractivity contribution >= 4 is 35.6 Å². The number of nitrogens with zero attached hydrogens (tertiary/aromatic N) is 3. The Hall–Kier alpha value is -2.03. The van der Waals surface area contributed by atoms with E-state index in [2.05, 4.69) is 39.6 Å². The fraction of sp³-hybridized carbons (Fsp3) is 0.429. The molecule has 0 spiro atoms. The van der Waals surface area contributed by atoms with Gasteiger partial charge in [-0.25, -0.2) is 0 Å².